The molecule has 0 atom stereocenters. The van der Waals surface area contributed by atoms with Gasteiger partial charge in [0.15, 0.2) is 0 Å². The third-order valence-corrected chi connectivity index (χ3v) is 4.22. The minimum atomic E-state index is -1.02. The van der Waals surface area contributed by atoms with Crippen LogP contribution in [-0.4, -0.2) is 16.0 Å². The molecule has 2 aromatic carbocycles. The first-order valence-corrected chi connectivity index (χ1v) is 7.49. The fourth-order valence-corrected chi connectivity index (χ4v) is 3.27. The third-order valence-electron chi connectivity index (χ3n) is 2.62. The zero-order valence-electron chi connectivity index (χ0n) is 10.7. The summed E-state index contributed by atoms with van der Waals surface area (Å²) in [6, 6.07) is 11.8. The molecule has 0 aliphatic rings. The molecule has 108 valence electrons. The first-order chi connectivity index (χ1) is 9.95. The summed E-state index contributed by atoms with van der Waals surface area (Å²) >= 11 is 4.74. The highest BCUT2D eigenvalue weighted by molar-refractivity contribution is 9.10. The monoisotopic (exact) mass is 367 g/mol. The van der Waals surface area contributed by atoms with E-state index in [0.717, 1.165) is 9.37 Å². The van der Waals surface area contributed by atoms with E-state index in [1.165, 1.54) is 23.9 Å². The number of nitro groups is 1. The van der Waals surface area contributed by atoms with Gasteiger partial charge in [-0.25, -0.2) is 0 Å². The van der Waals surface area contributed by atoms with Gasteiger partial charge in [-0.05, 0) is 29.8 Å². The second kappa shape index (κ2) is 6.73. The quantitative estimate of drug-likeness (QED) is 0.634. The molecule has 0 amide bonds. The Kier molecular flexibility index (Phi) is 4.98. The highest BCUT2D eigenvalue weighted by Crippen LogP contribution is 2.34. The number of nitrogens with zero attached hydrogens (tertiary/aromatic N) is 1. The summed E-state index contributed by atoms with van der Waals surface area (Å²) in [7, 11) is 0. The van der Waals surface area contributed by atoms with E-state index in [1.54, 1.807) is 6.07 Å². The van der Waals surface area contributed by atoms with Crippen molar-refractivity contribution in [3.63, 3.8) is 0 Å². The van der Waals surface area contributed by atoms with Crippen LogP contribution in [0.1, 0.15) is 5.56 Å². The molecule has 0 fully saturated rings. The van der Waals surface area contributed by atoms with Gasteiger partial charge in [-0.3, -0.25) is 14.9 Å². The molecule has 0 unspecified atom stereocenters. The molecule has 0 spiro atoms. The van der Waals surface area contributed by atoms with Crippen LogP contribution in [-0.2, 0) is 11.2 Å². The highest BCUT2D eigenvalue weighted by Gasteiger charge is 2.14. The third kappa shape index (κ3) is 4.30. The highest BCUT2D eigenvalue weighted by atomic mass is 79.9. The number of halogens is 1. The van der Waals surface area contributed by atoms with Crippen molar-refractivity contribution < 1.29 is 14.8 Å². The van der Waals surface area contributed by atoms with Gasteiger partial charge < -0.3 is 5.11 Å². The maximum atomic E-state index is 10.9. The summed E-state index contributed by atoms with van der Waals surface area (Å²) in [5.41, 5.74) is 0.325. The van der Waals surface area contributed by atoms with Crippen molar-refractivity contribution in [1.82, 2.24) is 0 Å². The van der Waals surface area contributed by atoms with E-state index in [9.17, 15) is 14.9 Å². The molecular weight excluding hydrogens is 358 g/mol. The van der Waals surface area contributed by atoms with Gasteiger partial charge in [0, 0.05) is 26.4 Å². The molecule has 0 aromatic heterocycles. The van der Waals surface area contributed by atoms with Gasteiger partial charge in [-0.2, -0.15) is 0 Å². The smallest absolute Gasteiger partial charge is 0.307 e. The lowest BCUT2D eigenvalue weighted by atomic mass is 10.1. The fraction of sp³-hybridized carbons (Fsp3) is 0.0714. The maximum absolute atomic E-state index is 10.9. The predicted molar refractivity (Wildman–Crippen MR) is 82.7 cm³/mol. The Bertz CT molecular complexity index is 705. The summed E-state index contributed by atoms with van der Waals surface area (Å²) in [6.07, 6.45) is -0.252. The van der Waals surface area contributed by atoms with Gasteiger partial charge in [0.25, 0.3) is 5.69 Å². The average molecular weight is 368 g/mol. The number of nitro benzene ring substituents is 1. The van der Waals surface area contributed by atoms with E-state index < -0.39 is 10.9 Å². The number of carboxylic acids is 1. The van der Waals surface area contributed by atoms with E-state index in [4.69, 9.17) is 5.11 Å². The normalized spacial score (nSPS) is 10.3. The van der Waals surface area contributed by atoms with Gasteiger partial charge in [-0.15, -0.1) is 0 Å². The summed E-state index contributed by atoms with van der Waals surface area (Å²) in [5, 5.41) is 19.7. The number of benzene rings is 2. The van der Waals surface area contributed by atoms with Gasteiger partial charge in [0.2, 0.25) is 0 Å². The Labute approximate surface area is 133 Å². The summed E-state index contributed by atoms with van der Waals surface area (Å²) in [5.74, 6) is -1.02. The Morgan fingerprint density at radius 3 is 2.67 bits per heavy atom. The van der Waals surface area contributed by atoms with Crippen LogP contribution in [0, 0.1) is 10.1 Å². The second-order valence-corrected chi connectivity index (χ2v) is 6.21. The van der Waals surface area contributed by atoms with E-state index in [-0.39, 0.29) is 12.1 Å². The number of carbonyl (C=O) groups is 1. The van der Waals surface area contributed by atoms with E-state index in [1.807, 2.05) is 24.3 Å². The lowest BCUT2D eigenvalue weighted by molar-refractivity contribution is -0.385. The topological polar surface area (TPSA) is 80.4 Å². The van der Waals surface area contributed by atoms with Crippen molar-refractivity contribution in [3.05, 3.63) is 62.6 Å². The van der Waals surface area contributed by atoms with Gasteiger partial charge in [0.05, 0.1) is 11.3 Å². The van der Waals surface area contributed by atoms with Gasteiger partial charge >= 0.3 is 5.97 Å². The number of aliphatic carboxylic acids is 1. The van der Waals surface area contributed by atoms with Crippen molar-refractivity contribution in [1.29, 1.82) is 0 Å². The Balaban J connectivity index is 2.37. The molecule has 0 saturated heterocycles. The van der Waals surface area contributed by atoms with E-state index >= 15 is 0 Å². The zero-order chi connectivity index (χ0) is 15.4. The van der Waals surface area contributed by atoms with Crippen LogP contribution >= 0.6 is 27.7 Å². The van der Waals surface area contributed by atoms with Crippen LogP contribution in [0.25, 0.3) is 0 Å². The number of carboxylic acid groups (broad SMARTS) is 1. The maximum Gasteiger partial charge on any atom is 0.307 e. The van der Waals surface area contributed by atoms with E-state index in [2.05, 4.69) is 15.9 Å². The second-order valence-electron chi connectivity index (χ2n) is 4.18. The zero-order valence-corrected chi connectivity index (χ0v) is 13.1. The van der Waals surface area contributed by atoms with Crippen molar-refractivity contribution in [2.75, 3.05) is 0 Å². The van der Waals surface area contributed by atoms with Crippen LogP contribution in [0.3, 0.4) is 0 Å². The number of rotatable bonds is 5. The van der Waals surface area contributed by atoms with Crippen LogP contribution in [0.4, 0.5) is 5.69 Å². The molecule has 0 bridgehead atoms. The Morgan fingerprint density at radius 1 is 1.29 bits per heavy atom. The van der Waals surface area contributed by atoms with Crippen LogP contribution in [0.5, 0.6) is 0 Å². The molecule has 0 aliphatic carbocycles. The lowest BCUT2D eigenvalue weighted by Gasteiger charge is -2.08. The summed E-state index contributed by atoms with van der Waals surface area (Å²) in [6.45, 7) is 0. The molecule has 5 nitrogen and oxygen atoms in total. The Morgan fingerprint density at radius 2 is 2.05 bits per heavy atom. The largest absolute Gasteiger partial charge is 0.481 e. The molecule has 0 saturated carbocycles. The van der Waals surface area contributed by atoms with Crippen LogP contribution in [0.2, 0.25) is 0 Å². The SMILES string of the molecule is O=C(O)Cc1cc([N+](=O)[O-])ccc1Sc1cccc(Br)c1. The Hall–Kier alpha value is -1.86. The van der Waals surface area contributed by atoms with Crippen molar-refractivity contribution >= 4 is 39.3 Å². The van der Waals surface area contributed by atoms with E-state index in [0.29, 0.717) is 10.5 Å². The summed E-state index contributed by atoms with van der Waals surface area (Å²) in [4.78, 5) is 22.8. The molecule has 1 N–H and O–H groups in total. The predicted octanol–water partition coefficient (Wildman–Crippen LogP) is 4.14. The number of hydrogen-bond acceptors (Lipinski definition) is 4. The minimum absolute atomic E-state index is 0.107. The van der Waals surface area contributed by atoms with Gasteiger partial charge in [-0.1, -0.05) is 33.8 Å². The fourth-order valence-electron chi connectivity index (χ4n) is 1.74. The van der Waals surface area contributed by atoms with Crippen molar-refractivity contribution in [3.8, 4) is 0 Å². The minimum Gasteiger partial charge on any atom is -0.481 e. The van der Waals surface area contributed by atoms with Crippen molar-refractivity contribution in [2.45, 2.75) is 16.2 Å². The molecule has 2 rings (SSSR count). The number of non-ortho nitro benzene ring substituents is 1. The molecule has 7 heteroatoms. The van der Waals surface area contributed by atoms with Gasteiger partial charge in [0.1, 0.15) is 0 Å². The first-order valence-electron chi connectivity index (χ1n) is 5.88. The standard InChI is InChI=1S/C14H10BrNO4S/c15-10-2-1-3-12(8-10)21-13-5-4-11(16(19)20)6-9(13)7-14(17)18/h1-6,8H,7H2,(H,17,18). The molecule has 0 radical (unpaired) electrons. The number of hydrogen-bond donors (Lipinski definition) is 1. The summed E-state index contributed by atoms with van der Waals surface area (Å²) < 4.78 is 0.911. The molecule has 21 heavy (non-hydrogen) atoms. The van der Waals surface area contributed by atoms with Crippen molar-refractivity contribution in [2.24, 2.45) is 0 Å². The molecule has 2 aromatic rings. The molecular formula is C14H10BrNO4S. The lowest BCUT2D eigenvalue weighted by Crippen LogP contribution is -2.02. The molecule has 0 heterocycles. The van der Waals surface area contributed by atoms with Crippen LogP contribution < -0.4 is 0 Å². The average Bonchev–Trinajstić information content (AvgIpc) is 2.40. The van der Waals surface area contributed by atoms with Crippen LogP contribution in [0.15, 0.2) is 56.7 Å². The first kappa shape index (κ1) is 15.5. The molecule has 0 aliphatic heterocycles.